The molecule has 0 atom stereocenters. The molecule has 0 aliphatic carbocycles. The Bertz CT molecular complexity index is 207. The van der Waals surface area contributed by atoms with Crippen LogP contribution in [0.3, 0.4) is 0 Å². The average Bonchev–Trinajstić information content (AvgIpc) is 2.16. The molecule has 0 bridgehead atoms. The van der Waals surface area contributed by atoms with Crippen LogP contribution in [0.25, 0.3) is 0 Å². The van der Waals surface area contributed by atoms with E-state index in [0.29, 0.717) is 5.54 Å². The van der Waals surface area contributed by atoms with E-state index >= 15 is 0 Å². The monoisotopic (exact) mass is 149 g/mol. The Morgan fingerprint density at radius 1 is 1.18 bits per heavy atom. The summed E-state index contributed by atoms with van der Waals surface area (Å²) >= 11 is 0. The lowest BCUT2D eigenvalue weighted by Crippen LogP contribution is -2.34. The molecule has 0 aromatic heterocycles. The molecule has 2 heterocycles. The maximum Gasteiger partial charge on any atom is 0.0263 e. The molecule has 0 saturated carbocycles. The van der Waals surface area contributed by atoms with Crippen molar-refractivity contribution in [1.29, 1.82) is 0 Å². The largest absolute Gasteiger partial charge is 0.289 e. The van der Waals surface area contributed by atoms with E-state index < -0.39 is 0 Å². The Balaban J connectivity index is 2.25. The van der Waals surface area contributed by atoms with Crippen molar-refractivity contribution in [2.24, 2.45) is 0 Å². The molecular formula is C10H15N. The van der Waals surface area contributed by atoms with Crippen LogP contribution in [0.1, 0.15) is 19.8 Å². The van der Waals surface area contributed by atoms with Gasteiger partial charge in [-0.2, -0.15) is 0 Å². The fraction of sp³-hybridized carbons (Fsp3) is 0.600. The molecule has 0 radical (unpaired) electrons. The van der Waals surface area contributed by atoms with Crippen molar-refractivity contribution in [2.45, 2.75) is 25.3 Å². The Morgan fingerprint density at radius 2 is 1.64 bits per heavy atom. The molecule has 11 heavy (non-hydrogen) atoms. The van der Waals surface area contributed by atoms with Crippen LogP contribution in [0.5, 0.6) is 0 Å². The Hall–Kier alpha value is -0.560. The molecule has 2 aliphatic heterocycles. The Labute approximate surface area is 68.4 Å². The maximum atomic E-state index is 4.04. The number of fused-ring (bicyclic) bond motifs is 1. The zero-order valence-electron chi connectivity index (χ0n) is 7.19. The van der Waals surface area contributed by atoms with Gasteiger partial charge in [0.2, 0.25) is 0 Å². The first kappa shape index (κ1) is 7.11. The van der Waals surface area contributed by atoms with Gasteiger partial charge in [0.05, 0.1) is 0 Å². The van der Waals surface area contributed by atoms with Crippen LogP contribution < -0.4 is 0 Å². The fourth-order valence-electron chi connectivity index (χ4n) is 2.45. The lowest BCUT2D eigenvalue weighted by atomic mass is 9.94. The molecule has 2 fully saturated rings. The molecule has 2 aliphatic rings. The van der Waals surface area contributed by atoms with Crippen molar-refractivity contribution in [3.05, 3.63) is 24.3 Å². The van der Waals surface area contributed by atoms with Crippen LogP contribution in [-0.4, -0.2) is 23.5 Å². The second-order valence-electron chi connectivity index (χ2n) is 4.21. The fourth-order valence-corrected chi connectivity index (χ4v) is 2.45. The molecule has 2 rings (SSSR count). The van der Waals surface area contributed by atoms with E-state index in [0.717, 1.165) is 13.1 Å². The van der Waals surface area contributed by atoms with E-state index in [1.54, 1.807) is 0 Å². The minimum atomic E-state index is 0.383. The highest BCUT2D eigenvalue weighted by molar-refractivity contribution is 5.24. The van der Waals surface area contributed by atoms with Gasteiger partial charge in [0.1, 0.15) is 0 Å². The summed E-state index contributed by atoms with van der Waals surface area (Å²) in [7, 11) is 0. The summed E-state index contributed by atoms with van der Waals surface area (Å²) < 4.78 is 0. The van der Waals surface area contributed by atoms with Crippen LogP contribution in [0, 0.1) is 0 Å². The van der Waals surface area contributed by atoms with Crippen molar-refractivity contribution in [1.82, 2.24) is 4.90 Å². The first-order chi connectivity index (χ1) is 5.10. The van der Waals surface area contributed by atoms with Gasteiger partial charge in [-0.25, -0.2) is 0 Å². The smallest absolute Gasteiger partial charge is 0.0263 e. The van der Waals surface area contributed by atoms with Crippen molar-refractivity contribution >= 4 is 0 Å². The Kier molecular flexibility index (Phi) is 1.28. The molecule has 1 heteroatoms. The lowest BCUT2D eigenvalue weighted by Gasteiger charge is -2.25. The molecule has 0 unspecified atom stereocenters. The van der Waals surface area contributed by atoms with Gasteiger partial charge in [0.15, 0.2) is 0 Å². The molecule has 1 nitrogen and oxygen atoms in total. The molecule has 0 spiro atoms. The summed E-state index contributed by atoms with van der Waals surface area (Å²) in [5, 5.41) is 0. The van der Waals surface area contributed by atoms with Crippen LogP contribution in [-0.2, 0) is 0 Å². The van der Waals surface area contributed by atoms with Gasteiger partial charge in [-0.3, -0.25) is 4.90 Å². The molecule has 2 saturated heterocycles. The molecule has 0 aromatic rings. The van der Waals surface area contributed by atoms with Crippen molar-refractivity contribution in [2.75, 3.05) is 13.1 Å². The number of nitrogens with zero attached hydrogens (tertiary/aromatic N) is 1. The normalized spacial score (nSPS) is 29.5. The van der Waals surface area contributed by atoms with Gasteiger partial charge in [-0.1, -0.05) is 24.3 Å². The van der Waals surface area contributed by atoms with Crippen molar-refractivity contribution < 1.29 is 0 Å². The highest BCUT2D eigenvalue weighted by Gasteiger charge is 2.43. The number of hydrogen-bond acceptors (Lipinski definition) is 1. The van der Waals surface area contributed by atoms with Crippen LogP contribution in [0.4, 0.5) is 0 Å². The van der Waals surface area contributed by atoms with Gasteiger partial charge >= 0.3 is 0 Å². The topological polar surface area (TPSA) is 3.24 Å². The summed E-state index contributed by atoms with van der Waals surface area (Å²) in [6.07, 6.45) is 2.35. The van der Waals surface area contributed by atoms with E-state index in [9.17, 15) is 0 Å². The summed E-state index contributed by atoms with van der Waals surface area (Å²) in [4.78, 5) is 2.50. The lowest BCUT2D eigenvalue weighted by molar-refractivity contribution is 0.218. The summed E-state index contributed by atoms with van der Waals surface area (Å²) in [6.45, 7) is 12.6. The predicted molar refractivity (Wildman–Crippen MR) is 47.5 cm³/mol. The third kappa shape index (κ3) is 0.951. The highest BCUT2D eigenvalue weighted by atomic mass is 15.2. The first-order valence-electron chi connectivity index (χ1n) is 4.18. The van der Waals surface area contributed by atoms with Crippen LogP contribution in [0.15, 0.2) is 24.3 Å². The quantitative estimate of drug-likeness (QED) is 0.476. The highest BCUT2D eigenvalue weighted by Crippen LogP contribution is 2.41. The molecule has 0 amide bonds. The number of rotatable bonds is 0. The third-order valence-corrected chi connectivity index (χ3v) is 2.85. The minimum Gasteiger partial charge on any atom is -0.289 e. The van der Waals surface area contributed by atoms with Crippen LogP contribution in [0.2, 0.25) is 0 Å². The van der Waals surface area contributed by atoms with Crippen LogP contribution >= 0.6 is 0 Å². The van der Waals surface area contributed by atoms with E-state index in [2.05, 4.69) is 25.0 Å². The van der Waals surface area contributed by atoms with E-state index in [4.69, 9.17) is 0 Å². The second-order valence-corrected chi connectivity index (χ2v) is 4.21. The molecule has 0 aromatic carbocycles. The second kappa shape index (κ2) is 1.98. The summed E-state index contributed by atoms with van der Waals surface area (Å²) in [6, 6.07) is 0. The summed E-state index contributed by atoms with van der Waals surface area (Å²) in [5.74, 6) is 0. The molecule has 60 valence electrons. The van der Waals surface area contributed by atoms with Gasteiger partial charge < -0.3 is 0 Å². The maximum absolute atomic E-state index is 4.04. The zero-order chi connectivity index (χ0) is 8.06. The van der Waals surface area contributed by atoms with Gasteiger partial charge in [-0.15, -0.1) is 0 Å². The van der Waals surface area contributed by atoms with Gasteiger partial charge in [-0.05, 0) is 19.8 Å². The standard InChI is InChI=1S/C10H15N/c1-8-4-10(3)5-9(2)7-11(10)6-8/h1-2,4-7H2,3H3. The average molecular weight is 149 g/mol. The van der Waals surface area contributed by atoms with Gasteiger partial charge in [0.25, 0.3) is 0 Å². The van der Waals surface area contributed by atoms with E-state index in [-0.39, 0.29) is 0 Å². The third-order valence-electron chi connectivity index (χ3n) is 2.85. The zero-order valence-corrected chi connectivity index (χ0v) is 7.19. The summed E-state index contributed by atoms with van der Waals surface area (Å²) in [5.41, 5.74) is 3.16. The SMILES string of the molecule is C=C1CN2CC(=C)CC2(C)C1. The Morgan fingerprint density at radius 3 is 2.00 bits per heavy atom. The molecular weight excluding hydrogens is 134 g/mol. The van der Waals surface area contributed by atoms with Crippen molar-refractivity contribution in [3.8, 4) is 0 Å². The first-order valence-corrected chi connectivity index (χ1v) is 4.18. The van der Waals surface area contributed by atoms with Gasteiger partial charge in [0, 0.05) is 18.6 Å². The predicted octanol–water partition coefficient (Wildman–Crippen LogP) is 1.97. The molecule has 0 N–H and O–H groups in total. The van der Waals surface area contributed by atoms with E-state index in [1.807, 2.05) is 0 Å². The minimum absolute atomic E-state index is 0.383. The number of hydrogen-bond donors (Lipinski definition) is 0. The van der Waals surface area contributed by atoms with E-state index in [1.165, 1.54) is 24.0 Å². The van der Waals surface area contributed by atoms with Crippen molar-refractivity contribution in [3.63, 3.8) is 0 Å².